The van der Waals surface area contributed by atoms with Gasteiger partial charge in [0.05, 0.1) is 22.3 Å². The molecule has 0 heterocycles. The van der Waals surface area contributed by atoms with Crippen LogP contribution >= 0.6 is 0 Å². The van der Waals surface area contributed by atoms with Crippen LogP contribution in [-0.2, 0) is 0 Å². The molecule has 0 nitrogen and oxygen atoms in total. The third-order valence-electron chi connectivity index (χ3n) is 14.9. The molecule has 0 saturated heterocycles. The lowest BCUT2D eigenvalue weighted by molar-refractivity contribution is 0.381. The minimum atomic E-state index is -2.39. The maximum absolute atomic E-state index is 15.5. The van der Waals surface area contributed by atoms with E-state index >= 15 is 35.1 Å². The van der Waals surface area contributed by atoms with Crippen LogP contribution in [0.3, 0.4) is 0 Å². The highest BCUT2D eigenvalue weighted by molar-refractivity contribution is 6.32. The van der Waals surface area contributed by atoms with Crippen molar-refractivity contribution in [3.63, 3.8) is 0 Å². The molecule has 0 fully saturated rings. The number of hydrogen-bond acceptors (Lipinski definition) is 0. The van der Waals surface area contributed by atoms with Crippen LogP contribution in [0.15, 0.2) is 133 Å². The van der Waals surface area contributed by atoms with E-state index in [0.717, 1.165) is 43.3 Å². The zero-order valence-corrected chi connectivity index (χ0v) is 41.9. The molecule has 0 spiro atoms. The first-order valence-corrected chi connectivity index (χ1v) is 24.6. The zero-order valence-electron chi connectivity index (χ0n) is 41.9. The molecular weight excluding hydrogens is 1140 g/mol. The summed E-state index contributed by atoms with van der Waals surface area (Å²) in [4.78, 5) is 0. The first-order chi connectivity index (χ1) is 40.0. The van der Waals surface area contributed by atoms with Gasteiger partial charge in [-0.3, -0.25) is 0 Å². The smallest absolute Gasteiger partial charge is 0.200 e. The maximum atomic E-state index is 15.5. The van der Waals surface area contributed by atoms with Crippen LogP contribution in [0.25, 0.3) is 121 Å². The maximum Gasteiger partial charge on any atom is 0.200 e. The standard InChI is InChI=1S/C65H25F19/c1-24-47(66)41(49(68)56(75)48(24)67)29-10-2-25(3-11-29)37-22-38(26-4-12-30(13-5-26)42-50(69)57(76)63(82)58(77)51(42)70)34-20-21-36-40(28-8-16-32(17-9-28)44-54(73)61(80)65(84)62(81)55(44)74)23-39(35-19-18-33(37)45(34)46(35)36)27-6-14-31(15-7-27)43-52(71)59(78)64(83)60(79)53(43)72/h2-23H,1H3. The molecule has 12 rings (SSSR count). The van der Waals surface area contributed by atoms with Gasteiger partial charge < -0.3 is 0 Å². The summed E-state index contributed by atoms with van der Waals surface area (Å²) in [5, 5.41) is 2.41. The average Bonchev–Trinajstić information content (AvgIpc) is 1.16. The van der Waals surface area contributed by atoms with Crippen molar-refractivity contribution in [1.82, 2.24) is 0 Å². The van der Waals surface area contributed by atoms with E-state index < -0.39 is 155 Å². The normalized spacial score (nSPS) is 11.8. The molecule has 0 bridgehead atoms. The highest BCUT2D eigenvalue weighted by Gasteiger charge is 2.31. The van der Waals surface area contributed by atoms with Crippen molar-refractivity contribution in [3.8, 4) is 89.0 Å². The van der Waals surface area contributed by atoms with Crippen LogP contribution in [0.4, 0.5) is 83.4 Å². The van der Waals surface area contributed by atoms with E-state index in [9.17, 15) is 48.3 Å². The first kappa shape index (κ1) is 54.9. The second kappa shape index (κ2) is 20.1. The molecule has 0 aliphatic carbocycles. The second-order valence-corrected chi connectivity index (χ2v) is 19.4. The van der Waals surface area contributed by atoms with E-state index in [1.807, 2.05) is 0 Å². The lowest BCUT2D eigenvalue weighted by Gasteiger charge is -2.22. The summed E-state index contributed by atoms with van der Waals surface area (Å²) in [6.45, 7) is 0.912. The Bertz CT molecular complexity index is 4070. The van der Waals surface area contributed by atoms with Gasteiger partial charge in [-0.15, -0.1) is 0 Å². The van der Waals surface area contributed by atoms with Gasteiger partial charge >= 0.3 is 0 Å². The summed E-state index contributed by atoms with van der Waals surface area (Å²) < 4.78 is 280. The predicted molar refractivity (Wildman–Crippen MR) is 278 cm³/mol. The quantitative estimate of drug-likeness (QED) is 0.0616. The van der Waals surface area contributed by atoms with Crippen LogP contribution in [0.1, 0.15) is 5.56 Å². The Hall–Kier alpha value is -9.65. The molecule has 0 N–H and O–H groups in total. The highest BCUT2D eigenvalue weighted by Crippen LogP contribution is 2.50. The van der Waals surface area contributed by atoms with Crippen LogP contribution < -0.4 is 0 Å². The van der Waals surface area contributed by atoms with Gasteiger partial charge in [0, 0.05) is 5.56 Å². The molecule has 0 aromatic heterocycles. The lowest BCUT2D eigenvalue weighted by Crippen LogP contribution is -2.04. The van der Waals surface area contributed by atoms with Crippen molar-refractivity contribution in [3.05, 3.63) is 250 Å². The molecule has 12 aromatic rings. The second-order valence-electron chi connectivity index (χ2n) is 19.4. The largest absolute Gasteiger partial charge is 0.206 e. The van der Waals surface area contributed by atoms with Crippen molar-refractivity contribution in [1.29, 1.82) is 0 Å². The third-order valence-corrected chi connectivity index (χ3v) is 14.9. The van der Waals surface area contributed by atoms with E-state index in [-0.39, 0.29) is 22.3 Å². The molecule has 0 unspecified atom stereocenters. The Balaban J connectivity index is 1.13. The van der Waals surface area contributed by atoms with E-state index in [0.29, 0.717) is 60.1 Å². The summed E-state index contributed by atoms with van der Waals surface area (Å²) in [6.07, 6.45) is 0. The van der Waals surface area contributed by atoms with Gasteiger partial charge in [-0.25, -0.2) is 83.4 Å². The first-order valence-electron chi connectivity index (χ1n) is 24.6. The van der Waals surface area contributed by atoms with Crippen molar-refractivity contribution in [2.75, 3.05) is 0 Å². The molecule has 418 valence electrons. The SMILES string of the molecule is Cc1c(F)c(F)c(F)c(-c2ccc(-c3cc(-c4ccc(-c5c(F)c(F)c(F)c(F)c5F)cc4)c4ccc5c(-c6ccc(-c7c(F)c(F)c(F)c(F)c7F)cc6)cc(-c6ccc(-c7c(F)c(F)c(F)c(F)c7F)cc6)c6ccc3c4c65)cc2)c1F. The van der Waals surface area contributed by atoms with Crippen LogP contribution in [-0.4, -0.2) is 0 Å². The third kappa shape index (κ3) is 8.17. The Morgan fingerprint density at radius 3 is 0.560 bits per heavy atom. The number of hydrogen-bond donors (Lipinski definition) is 0. The summed E-state index contributed by atoms with van der Waals surface area (Å²) in [5.74, 6) is -39.9. The fourth-order valence-electron chi connectivity index (χ4n) is 10.8. The fraction of sp³-hybridized carbons (Fsp3) is 0.0154. The van der Waals surface area contributed by atoms with Crippen LogP contribution in [0.5, 0.6) is 0 Å². The van der Waals surface area contributed by atoms with E-state index in [1.165, 1.54) is 60.7 Å². The lowest BCUT2D eigenvalue weighted by atomic mass is 9.81. The van der Waals surface area contributed by atoms with Crippen molar-refractivity contribution in [2.24, 2.45) is 0 Å². The van der Waals surface area contributed by atoms with Crippen molar-refractivity contribution in [2.45, 2.75) is 6.92 Å². The van der Waals surface area contributed by atoms with Crippen molar-refractivity contribution >= 4 is 32.3 Å². The van der Waals surface area contributed by atoms with Gasteiger partial charge in [0.2, 0.25) is 17.5 Å². The van der Waals surface area contributed by atoms with E-state index in [4.69, 9.17) is 0 Å². The molecule has 0 amide bonds. The monoisotopic (exact) mass is 1170 g/mol. The zero-order chi connectivity index (χ0) is 59.8. The highest BCUT2D eigenvalue weighted by atomic mass is 19.2. The topological polar surface area (TPSA) is 0 Å². The van der Waals surface area contributed by atoms with Crippen molar-refractivity contribution < 1.29 is 83.4 Å². The van der Waals surface area contributed by atoms with Gasteiger partial charge in [0.1, 0.15) is 5.82 Å². The molecule has 0 radical (unpaired) electrons. The Kier molecular flexibility index (Phi) is 13.1. The predicted octanol–water partition coefficient (Wildman–Crippen LogP) is 20.9. The fourth-order valence-corrected chi connectivity index (χ4v) is 10.8. The summed E-state index contributed by atoms with van der Waals surface area (Å²) in [6, 6.07) is 29.5. The average molecular weight is 1170 g/mol. The van der Waals surface area contributed by atoms with Crippen LogP contribution in [0, 0.1) is 117 Å². The number of rotatable bonds is 8. The molecule has 12 aromatic carbocycles. The Labute approximate surface area is 459 Å². The molecule has 19 heteroatoms. The van der Waals surface area contributed by atoms with Gasteiger partial charge in [-0.05, 0) is 118 Å². The number of halogens is 19. The number of benzene rings is 12. The summed E-state index contributed by atoms with van der Waals surface area (Å²) in [5.41, 5.74) is -4.63. The molecule has 0 saturated carbocycles. The van der Waals surface area contributed by atoms with E-state index in [1.54, 1.807) is 36.4 Å². The summed E-state index contributed by atoms with van der Waals surface area (Å²) in [7, 11) is 0. The van der Waals surface area contributed by atoms with Gasteiger partial charge in [-0.1, -0.05) is 121 Å². The van der Waals surface area contributed by atoms with Crippen LogP contribution in [0.2, 0.25) is 0 Å². The van der Waals surface area contributed by atoms with Gasteiger partial charge in [0.25, 0.3) is 0 Å². The minimum Gasteiger partial charge on any atom is -0.206 e. The Morgan fingerprint density at radius 1 is 0.179 bits per heavy atom. The molecule has 84 heavy (non-hydrogen) atoms. The minimum absolute atomic E-state index is 0.218. The molecular formula is C65H25F19. The Morgan fingerprint density at radius 2 is 0.345 bits per heavy atom. The van der Waals surface area contributed by atoms with Gasteiger partial charge in [-0.2, -0.15) is 0 Å². The van der Waals surface area contributed by atoms with E-state index in [2.05, 4.69) is 0 Å². The van der Waals surface area contributed by atoms with Gasteiger partial charge in [0.15, 0.2) is 87.3 Å². The summed E-state index contributed by atoms with van der Waals surface area (Å²) >= 11 is 0. The molecule has 0 aliphatic rings. The molecule has 0 atom stereocenters. The molecule has 0 aliphatic heterocycles.